The minimum atomic E-state index is -0.930. The third kappa shape index (κ3) is 3.14. The first-order valence-electron chi connectivity index (χ1n) is 4.28. The molecule has 1 heterocycles. The summed E-state index contributed by atoms with van der Waals surface area (Å²) >= 11 is 0. The Balaban J connectivity index is 2.52. The van der Waals surface area contributed by atoms with Gasteiger partial charge in [0.05, 0.1) is 5.60 Å². The summed E-state index contributed by atoms with van der Waals surface area (Å²) in [6, 6.07) is 0. The molecule has 6 heteroatoms. The van der Waals surface area contributed by atoms with E-state index in [2.05, 4.69) is 20.5 Å². The van der Waals surface area contributed by atoms with Crippen molar-refractivity contribution in [1.82, 2.24) is 20.5 Å². The average Bonchev–Trinajstić information content (AvgIpc) is 2.46. The molecule has 0 unspecified atom stereocenters. The van der Waals surface area contributed by atoms with Crippen molar-refractivity contribution in [2.24, 2.45) is 0 Å². The van der Waals surface area contributed by atoms with Crippen molar-refractivity contribution < 1.29 is 9.90 Å². The molecular formula is C8H14N4O2. The van der Waals surface area contributed by atoms with E-state index in [1.807, 2.05) is 0 Å². The molecule has 0 atom stereocenters. The molecule has 78 valence electrons. The third-order valence-electron chi connectivity index (χ3n) is 1.48. The summed E-state index contributed by atoms with van der Waals surface area (Å²) in [6.45, 7) is 5.09. The average molecular weight is 198 g/mol. The fraction of sp³-hybridized carbons (Fsp3) is 0.625. The zero-order valence-electron chi connectivity index (χ0n) is 8.46. The summed E-state index contributed by atoms with van der Waals surface area (Å²) in [6.07, 6.45) is 0. The van der Waals surface area contributed by atoms with Gasteiger partial charge in [-0.3, -0.25) is 9.89 Å². The van der Waals surface area contributed by atoms with Gasteiger partial charge in [0.25, 0.3) is 5.91 Å². The first-order valence-corrected chi connectivity index (χ1v) is 4.28. The Bertz CT molecular complexity index is 326. The molecule has 0 bridgehead atoms. The molecule has 0 fully saturated rings. The first-order chi connectivity index (χ1) is 6.38. The zero-order valence-corrected chi connectivity index (χ0v) is 8.46. The van der Waals surface area contributed by atoms with Crippen molar-refractivity contribution >= 4 is 5.91 Å². The lowest BCUT2D eigenvalue weighted by Crippen LogP contribution is -2.38. The molecule has 14 heavy (non-hydrogen) atoms. The van der Waals surface area contributed by atoms with Gasteiger partial charge >= 0.3 is 0 Å². The van der Waals surface area contributed by atoms with Crippen molar-refractivity contribution in [3.63, 3.8) is 0 Å². The topological polar surface area (TPSA) is 90.9 Å². The van der Waals surface area contributed by atoms with Crippen LogP contribution >= 0.6 is 0 Å². The number of carbonyl (C=O) groups excluding carboxylic acids is 1. The zero-order chi connectivity index (χ0) is 10.8. The standard InChI is InChI=1S/C8H14N4O2/c1-5-10-6(12-11-5)7(13)9-4-8(2,3)14/h14H,4H2,1-3H3,(H,9,13)(H,10,11,12). The number of aliphatic hydroxyl groups is 1. The van der Waals surface area contributed by atoms with Gasteiger partial charge in [-0.2, -0.15) is 0 Å². The molecule has 0 aliphatic heterocycles. The monoisotopic (exact) mass is 198 g/mol. The SMILES string of the molecule is Cc1nc(C(=O)NCC(C)(C)O)n[nH]1. The Morgan fingerprint density at radius 2 is 2.29 bits per heavy atom. The third-order valence-corrected chi connectivity index (χ3v) is 1.48. The van der Waals surface area contributed by atoms with Gasteiger partial charge in [-0.1, -0.05) is 0 Å². The molecule has 0 aliphatic rings. The Morgan fingerprint density at radius 1 is 1.64 bits per heavy atom. The number of amides is 1. The van der Waals surface area contributed by atoms with Crippen molar-refractivity contribution in [3.8, 4) is 0 Å². The lowest BCUT2D eigenvalue weighted by Gasteiger charge is -2.16. The predicted molar refractivity (Wildman–Crippen MR) is 49.8 cm³/mol. The van der Waals surface area contributed by atoms with Crippen LogP contribution in [0, 0.1) is 6.92 Å². The van der Waals surface area contributed by atoms with Crippen LogP contribution in [0.15, 0.2) is 0 Å². The molecule has 0 aromatic carbocycles. The fourth-order valence-electron chi connectivity index (χ4n) is 0.820. The molecule has 0 saturated heterocycles. The number of nitrogens with one attached hydrogen (secondary N) is 2. The molecule has 3 N–H and O–H groups in total. The molecule has 0 radical (unpaired) electrons. The van der Waals surface area contributed by atoms with Crippen LogP contribution in [0.2, 0.25) is 0 Å². The van der Waals surface area contributed by atoms with E-state index in [4.69, 9.17) is 0 Å². The van der Waals surface area contributed by atoms with Crippen LogP contribution in [0.5, 0.6) is 0 Å². The van der Waals surface area contributed by atoms with Crippen molar-refractivity contribution in [1.29, 1.82) is 0 Å². The van der Waals surface area contributed by atoms with E-state index >= 15 is 0 Å². The highest BCUT2D eigenvalue weighted by Gasteiger charge is 2.16. The van der Waals surface area contributed by atoms with Crippen LogP contribution in [-0.2, 0) is 0 Å². The number of carbonyl (C=O) groups is 1. The van der Waals surface area contributed by atoms with Gasteiger partial charge in [-0.25, -0.2) is 4.98 Å². The number of H-pyrrole nitrogens is 1. The van der Waals surface area contributed by atoms with Gasteiger partial charge in [0, 0.05) is 6.54 Å². The molecule has 1 amide bonds. The van der Waals surface area contributed by atoms with E-state index in [-0.39, 0.29) is 12.4 Å². The normalized spacial score (nSPS) is 11.4. The molecule has 6 nitrogen and oxygen atoms in total. The number of hydrogen-bond acceptors (Lipinski definition) is 4. The lowest BCUT2D eigenvalue weighted by atomic mass is 10.1. The highest BCUT2D eigenvalue weighted by molar-refractivity contribution is 5.90. The highest BCUT2D eigenvalue weighted by atomic mass is 16.3. The van der Waals surface area contributed by atoms with Gasteiger partial charge < -0.3 is 10.4 Å². The van der Waals surface area contributed by atoms with Crippen molar-refractivity contribution in [3.05, 3.63) is 11.6 Å². The van der Waals surface area contributed by atoms with E-state index in [0.29, 0.717) is 5.82 Å². The second kappa shape index (κ2) is 3.75. The van der Waals surface area contributed by atoms with E-state index in [1.165, 1.54) is 0 Å². The number of nitrogens with zero attached hydrogens (tertiary/aromatic N) is 2. The molecule has 1 rings (SSSR count). The smallest absolute Gasteiger partial charge is 0.291 e. The van der Waals surface area contributed by atoms with E-state index < -0.39 is 11.5 Å². The molecular weight excluding hydrogens is 184 g/mol. The Hall–Kier alpha value is -1.43. The minimum absolute atomic E-state index is 0.0896. The summed E-state index contributed by atoms with van der Waals surface area (Å²) in [7, 11) is 0. The van der Waals surface area contributed by atoms with Gasteiger partial charge in [-0.15, -0.1) is 5.10 Å². The second-order valence-corrected chi connectivity index (χ2v) is 3.74. The van der Waals surface area contributed by atoms with E-state index in [1.54, 1.807) is 20.8 Å². The minimum Gasteiger partial charge on any atom is -0.389 e. The van der Waals surface area contributed by atoms with Gasteiger partial charge in [0.15, 0.2) is 0 Å². The van der Waals surface area contributed by atoms with Crippen LogP contribution in [0.1, 0.15) is 30.3 Å². The maximum absolute atomic E-state index is 11.3. The summed E-state index contributed by atoms with van der Waals surface area (Å²) in [5.41, 5.74) is -0.930. The van der Waals surface area contributed by atoms with Crippen LogP contribution in [0.25, 0.3) is 0 Å². The predicted octanol–water partition coefficient (Wildman–Crippen LogP) is -0.386. The van der Waals surface area contributed by atoms with Crippen LogP contribution < -0.4 is 5.32 Å². The molecule has 0 aliphatic carbocycles. The highest BCUT2D eigenvalue weighted by Crippen LogP contribution is 1.98. The van der Waals surface area contributed by atoms with Crippen molar-refractivity contribution in [2.75, 3.05) is 6.54 Å². The number of rotatable bonds is 3. The molecule has 1 aromatic rings. The molecule has 1 aromatic heterocycles. The maximum atomic E-state index is 11.3. The van der Waals surface area contributed by atoms with Crippen LogP contribution in [0.3, 0.4) is 0 Å². The number of aromatic nitrogens is 3. The Labute approximate surface area is 81.7 Å². The van der Waals surface area contributed by atoms with Crippen LogP contribution in [0.4, 0.5) is 0 Å². The van der Waals surface area contributed by atoms with Crippen molar-refractivity contribution in [2.45, 2.75) is 26.4 Å². The quantitative estimate of drug-likeness (QED) is 0.617. The fourth-order valence-corrected chi connectivity index (χ4v) is 0.820. The summed E-state index contributed by atoms with van der Waals surface area (Å²) in [5, 5.41) is 18.1. The first kappa shape index (κ1) is 10.6. The van der Waals surface area contributed by atoms with E-state index in [0.717, 1.165) is 0 Å². The van der Waals surface area contributed by atoms with E-state index in [9.17, 15) is 9.90 Å². The van der Waals surface area contributed by atoms with Gasteiger partial charge in [0.2, 0.25) is 5.82 Å². The molecule has 0 saturated carbocycles. The number of hydrogen-bond donors (Lipinski definition) is 3. The largest absolute Gasteiger partial charge is 0.389 e. The lowest BCUT2D eigenvalue weighted by molar-refractivity contribution is 0.0689. The Morgan fingerprint density at radius 3 is 2.71 bits per heavy atom. The second-order valence-electron chi connectivity index (χ2n) is 3.74. The maximum Gasteiger partial charge on any atom is 0.291 e. The Kier molecular flexibility index (Phi) is 2.85. The van der Waals surface area contributed by atoms with Gasteiger partial charge in [-0.05, 0) is 20.8 Å². The summed E-state index contributed by atoms with van der Waals surface area (Å²) in [4.78, 5) is 15.2. The van der Waals surface area contributed by atoms with Gasteiger partial charge in [0.1, 0.15) is 5.82 Å². The summed E-state index contributed by atoms with van der Waals surface area (Å²) < 4.78 is 0. The number of aromatic amines is 1. The number of aryl methyl sites for hydroxylation is 1. The molecule has 0 spiro atoms. The van der Waals surface area contributed by atoms with Crippen LogP contribution in [-0.4, -0.2) is 38.3 Å². The summed E-state index contributed by atoms with van der Waals surface area (Å²) in [5.74, 6) is 0.279.